The van der Waals surface area contributed by atoms with E-state index in [9.17, 15) is 14.4 Å². The summed E-state index contributed by atoms with van der Waals surface area (Å²) in [5.74, 6) is 0.545. The molecule has 2 fully saturated rings. The number of carbonyl (C=O) groups excluding carboxylic acids is 3. The van der Waals surface area contributed by atoms with E-state index in [-0.39, 0.29) is 41.5 Å². The van der Waals surface area contributed by atoms with Crippen LogP contribution in [0.5, 0.6) is 0 Å². The molecule has 2 bridgehead atoms. The number of likely N-dealkylation sites (tertiary alicyclic amines) is 1. The van der Waals surface area contributed by atoms with Crippen molar-refractivity contribution in [2.75, 3.05) is 32.8 Å². The van der Waals surface area contributed by atoms with E-state index in [1.165, 1.54) is 4.90 Å². The number of ether oxygens (including phenoxy) is 1. The molecule has 154 valence electrons. The molecule has 0 aromatic rings. The highest BCUT2D eigenvalue weighted by Crippen LogP contribution is 2.52. The molecular formula is C20H30N4O4. The second kappa shape index (κ2) is 9.21. The molecule has 0 aromatic carbocycles. The van der Waals surface area contributed by atoms with Gasteiger partial charge in [-0.15, -0.1) is 0 Å². The molecule has 1 aliphatic heterocycles. The quantitative estimate of drug-likeness (QED) is 0.150. The molecule has 3 aliphatic rings. The van der Waals surface area contributed by atoms with E-state index in [2.05, 4.69) is 27.8 Å². The number of nitrogens with one attached hydrogen (secondary N) is 2. The number of rotatable bonds is 9. The van der Waals surface area contributed by atoms with Crippen LogP contribution in [0.3, 0.4) is 0 Å². The van der Waals surface area contributed by atoms with Crippen molar-refractivity contribution < 1.29 is 19.1 Å². The van der Waals surface area contributed by atoms with Crippen LogP contribution in [0.25, 0.3) is 0 Å². The summed E-state index contributed by atoms with van der Waals surface area (Å²) >= 11 is 0. The van der Waals surface area contributed by atoms with E-state index in [1.807, 2.05) is 6.92 Å². The molecule has 3 rings (SSSR count). The summed E-state index contributed by atoms with van der Waals surface area (Å²) in [5.41, 5.74) is 0. The summed E-state index contributed by atoms with van der Waals surface area (Å²) in [6, 6.07) is 0. The minimum Gasteiger partial charge on any atom is -0.466 e. The predicted octanol–water partition coefficient (Wildman–Crippen LogP) is 0.692. The minimum atomic E-state index is -0.212. The molecule has 0 aromatic heterocycles. The van der Waals surface area contributed by atoms with E-state index in [0.717, 1.165) is 6.42 Å². The third-order valence-corrected chi connectivity index (χ3v) is 5.65. The van der Waals surface area contributed by atoms with Crippen LogP contribution < -0.4 is 10.6 Å². The molecule has 4 atom stereocenters. The van der Waals surface area contributed by atoms with Crippen molar-refractivity contribution >= 4 is 23.7 Å². The molecule has 1 saturated heterocycles. The normalized spacial score (nSPS) is 28.1. The number of nitrogens with zero attached hydrogens (tertiary/aromatic N) is 2. The van der Waals surface area contributed by atoms with Crippen molar-refractivity contribution in [1.29, 1.82) is 0 Å². The van der Waals surface area contributed by atoms with Crippen LogP contribution in [0, 0.1) is 23.7 Å². The summed E-state index contributed by atoms with van der Waals surface area (Å²) < 4.78 is 4.90. The number of carbonyl (C=O) groups is 3. The van der Waals surface area contributed by atoms with Crippen molar-refractivity contribution in [3.05, 3.63) is 12.2 Å². The molecular weight excluding hydrogens is 360 g/mol. The Morgan fingerprint density at radius 2 is 1.86 bits per heavy atom. The fourth-order valence-corrected chi connectivity index (χ4v) is 4.46. The zero-order valence-corrected chi connectivity index (χ0v) is 16.6. The molecule has 0 radical (unpaired) electrons. The summed E-state index contributed by atoms with van der Waals surface area (Å²) in [6.07, 6.45) is 6.10. The van der Waals surface area contributed by atoms with Crippen molar-refractivity contribution in [3.8, 4) is 0 Å². The molecule has 28 heavy (non-hydrogen) atoms. The Labute approximate surface area is 165 Å². The van der Waals surface area contributed by atoms with Crippen LogP contribution in [-0.4, -0.2) is 61.4 Å². The van der Waals surface area contributed by atoms with Gasteiger partial charge in [-0.3, -0.25) is 24.3 Å². The molecule has 4 unspecified atom stereocenters. The lowest BCUT2D eigenvalue weighted by molar-refractivity contribution is -0.143. The third-order valence-electron chi connectivity index (χ3n) is 5.65. The summed E-state index contributed by atoms with van der Waals surface area (Å²) in [4.78, 5) is 42.5. The summed E-state index contributed by atoms with van der Waals surface area (Å²) in [5, 5.41) is 6.30. The van der Waals surface area contributed by atoms with Gasteiger partial charge in [0.1, 0.15) is 0 Å². The number of esters is 1. The second-order valence-corrected chi connectivity index (χ2v) is 7.42. The molecule has 0 spiro atoms. The largest absolute Gasteiger partial charge is 0.466 e. The first-order valence-corrected chi connectivity index (χ1v) is 10.3. The zero-order chi connectivity index (χ0) is 20.1. The predicted molar refractivity (Wildman–Crippen MR) is 104 cm³/mol. The van der Waals surface area contributed by atoms with Crippen LogP contribution in [-0.2, 0) is 19.1 Å². The van der Waals surface area contributed by atoms with E-state index in [0.29, 0.717) is 51.6 Å². The highest BCUT2D eigenvalue weighted by atomic mass is 16.5. The molecule has 1 saturated carbocycles. The van der Waals surface area contributed by atoms with Crippen LogP contribution in [0.2, 0.25) is 0 Å². The van der Waals surface area contributed by atoms with E-state index in [1.54, 1.807) is 6.92 Å². The zero-order valence-electron chi connectivity index (χ0n) is 16.6. The van der Waals surface area contributed by atoms with E-state index in [4.69, 9.17) is 4.74 Å². The van der Waals surface area contributed by atoms with Gasteiger partial charge in [0, 0.05) is 32.6 Å². The number of hydrogen-bond donors (Lipinski definition) is 2. The minimum absolute atomic E-state index is 0.0231. The van der Waals surface area contributed by atoms with Gasteiger partial charge < -0.3 is 15.4 Å². The number of imide groups is 1. The van der Waals surface area contributed by atoms with Gasteiger partial charge in [-0.2, -0.15) is 0 Å². The van der Waals surface area contributed by atoms with Gasteiger partial charge in [-0.25, -0.2) is 0 Å². The number of amides is 2. The number of aliphatic imine (C=N–C) groups is 1. The fraction of sp³-hybridized carbons (Fsp3) is 0.700. The SMILES string of the molecule is CCNC(=NCCCC(=O)OCC)NCCN1C(=O)C2C3C=CC(C3)C2C1=O. The lowest BCUT2D eigenvalue weighted by Crippen LogP contribution is -2.43. The lowest BCUT2D eigenvalue weighted by atomic mass is 9.85. The van der Waals surface area contributed by atoms with Gasteiger partial charge in [-0.05, 0) is 38.5 Å². The summed E-state index contributed by atoms with van der Waals surface area (Å²) in [7, 11) is 0. The highest BCUT2D eigenvalue weighted by Gasteiger charge is 2.58. The molecule has 1 heterocycles. The number of hydrogen-bond acceptors (Lipinski definition) is 5. The van der Waals surface area contributed by atoms with E-state index < -0.39 is 0 Å². The molecule has 2 aliphatic carbocycles. The first-order chi connectivity index (χ1) is 13.6. The molecule has 8 nitrogen and oxygen atoms in total. The van der Waals surface area contributed by atoms with Crippen LogP contribution in [0.4, 0.5) is 0 Å². The Bertz CT molecular complexity index is 645. The Morgan fingerprint density at radius 3 is 2.46 bits per heavy atom. The van der Waals surface area contributed by atoms with Crippen molar-refractivity contribution in [2.24, 2.45) is 28.7 Å². The van der Waals surface area contributed by atoms with Gasteiger partial charge in [0.15, 0.2) is 5.96 Å². The van der Waals surface area contributed by atoms with Gasteiger partial charge in [-0.1, -0.05) is 12.2 Å². The Morgan fingerprint density at radius 1 is 1.18 bits per heavy atom. The van der Waals surface area contributed by atoms with Gasteiger partial charge >= 0.3 is 5.97 Å². The average Bonchev–Trinajstić information content (AvgIpc) is 3.35. The number of allylic oxidation sites excluding steroid dienone is 2. The maximum Gasteiger partial charge on any atom is 0.305 e. The first kappa shape index (κ1) is 20.4. The van der Waals surface area contributed by atoms with Crippen LogP contribution in [0.1, 0.15) is 33.1 Å². The molecule has 2 N–H and O–H groups in total. The van der Waals surface area contributed by atoms with Gasteiger partial charge in [0.25, 0.3) is 0 Å². The van der Waals surface area contributed by atoms with Gasteiger partial charge in [0.2, 0.25) is 11.8 Å². The fourth-order valence-electron chi connectivity index (χ4n) is 4.46. The van der Waals surface area contributed by atoms with Crippen LogP contribution >= 0.6 is 0 Å². The third kappa shape index (κ3) is 4.20. The Balaban J connectivity index is 1.44. The average molecular weight is 390 g/mol. The molecule has 2 amide bonds. The Hall–Kier alpha value is -2.38. The van der Waals surface area contributed by atoms with Crippen molar-refractivity contribution in [3.63, 3.8) is 0 Å². The Kier molecular flexibility index (Phi) is 6.70. The smallest absolute Gasteiger partial charge is 0.305 e. The maximum atomic E-state index is 12.7. The number of fused-ring (bicyclic) bond motifs is 5. The molecule has 8 heteroatoms. The van der Waals surface area contributed by atoms with E-state index >= 15 is 0 Å². The van der Waals surface area contributed by atoms with Crippen LogP contribution in [0.15, 0.2) is 17.1 Å². The van der Waals surface area contributed by atoms with Crippen molar-refractivity contribution in [2.45, 2.75) is 33.1 Å². The van der Waals surface area contributed by atoms with Crippen molar-refractivity contribution in [1.82, 2.24) is 15.5 Å². The standard InChI is InChI=1S/C20H30N4O4/c1-3-21-20(22-9-5-6-15(25)28-4-2)23-10-11-24-18(26)16-13-7-8-14(12-13)17(16)19(24)27/h7-8,13-14,16-17H,3-6,9-12H2,1-2H3,(H2,21,22,23). The van der Waals surface area contributed by atoms with Gasteiger partial charge in [0.05, 0.1) is 18.4 Å². The highest BCUT2D eigenvalue weighted by molar-refractivity contribution is 6.06. The first-order valence-electron chi connectivity index (χ1n) is 10.3. The second-order valence-electron chi connectivity index (χ2n) is 7.42. The lowest BCUT2D eigenvalue weighted by Gasteiger charge is -2.18. The summed E-state index contributed by atoms with van der Waals surface area (Å²) in [6.45, 7) is 6.13. The maximum absolute atomic E-state index is 12.7. The topological polar surface area (TPSA) is 100 Å². The monoisotopic (exact) mass is 390 g/mol. The number of guanidine groups is 1.